The summed E-state index contributed by atoms with van der Waals surface area (Å²) < 4.78 is 13.2. The maximum Gasteiger partial charge on any atom is 0.166 e. The molecule has 2 rings (SSSR count). The van der Waals surface area contributed by atoms with Gasteiger partial charge in [0.05, 0.1) is 10.0 Å². The van der Waals surface area contributed by atoms with Crippen molar-refractivity contribution in [3.63, 3.8) is 0 Å². The van der Waals surface area contributed by atoms with E-state index in [1.54, 1.807) is 18.2 Å². The lowest BCUT2D eigenvalue weighted by Crippen LogP contribution is -2.06. The lowest BCUT2D eigenvalue weighted by atomic mass is 10.1. The predicted octanol–water partition coefficient (Wildman–Crippen LogP) is 5.01. The summed E-state index contributed by atoms with van der Waals surface area (Å²) >= 11 is 11.8. The number of aromatic hydroxyl groups is 1. The van der Waals surface area contributed by atoms with E-state index in [2.05, 4.69) is 5.32 Å². The van der Waals surface area contributed by atoms with Gasteiger partial charge in [0.2, 0.25) is 0 Å². The van der Waals surface area contributed by atoms with Gasteiger partial charge >= 0.3 is 0 Å². The van der Waals surface area contributed by atoms with Gasteiger partial charge in [0.15, 0.2) is 11.6 Å². The van der Waals surface area contributed by atoms with Gasteiger partial charge in [0.1, 0.15) is 0 Å². The van der Waals surface area contributed by atoms with Crippen molar-refractivity contribution in [2.24, 2.45) is 0 Å². The zero-order chi connectivity index (χ0) is 14.0. The fourth-order valence-corrected chi connectivity index (χ4v) is 2.02. The third kappa shape index (κ3) is 3.31. The molecule has 0 amide bonds. The van der Waals surface area contributed by atoms with Gasteiger partial charge < -0.3 is 10.4 Å². The van der Waals surface area contributed by atoms with E-state index in [1.807, 2.05) is 13.0 Å². The molecule has 2 nitrogen and oxygen atoms in total. The summed E-state index contributed by atoms with van der Waals surface area (Å²) in [6.07, 6.45) is 0. The smallest absolute Gasteiger partial charge is 0.166 e. The number of halogens is 3. The molecule has 100 valence electrons. The molecule has 2 aromatic rings. The van der Waals surface area contributed by atoms with E-state index in [0.717, 1.165) is 5.56 Å². The molecule has 1 unspecified atom stereocenters. The first-order valence-electron chi connectivity index (χ1n) is 5.67. The second kappa shape index (κ2) is 5.68. The van der Waals surface area contributed by atoms with E-state index in [0.29, 0.717) is 15.7 Å². The highest BCUT2D eigenvalue weighted by Gasteiger charge is 2.09. The fraction of sp³-hybridized carbons (Fsp3) is 0.143. The molecule has 5 heteroatoms. The van der Waals surface area contributed by atoms with Crippen LogP contribution in [-0.2, 0) is 0 Å². The summed E-state index contributed by atoms with van der Waals surface area (Å²) in [6.45, 7) is 1.92. The maximum atomic E-state index is 13.2. The molecule has 2 N–H and O–H groups in total. The van der Waals surface area contributed by atoms with Gasteiger partial charge in [0.25, 0.3) is 0 Å². The van der Waals surface area contributed by atoms with Crippen LogP contribution < -0.4 is 5.32 Å². The number of rotatable bonds is 3. The molecule has 19 heavy (non-hydrogen) atoms. The molecule has 0 heterocycles. The lowest BCUT2D eigenvalue weighted by Gasteiger charge is -2.16. The Kier molecular flexibility index (Phi) is 4.17. The number of anilines is 1. The minimum atomic E-state index is -0.661. The van der Waals surface area contributed by atoms with Crippen molar-refractivity contribution in [1.82, 2.24) is 0 Å². The van der Waals surface area contributed by atoms with E-state index in [9.17, 15) is 4.39 Å². The van der Waals surface area contributed by atoms with E-state index in [-0.39, 0.29) is 11.8 Å². The minimum absolute atomic E-state index is 0.0706. The van der Waals surface area contributed by atoms with Crippen LogP contribution >= 0.6 is 23.2 Å². The van der Waals surface area contributed by atoms with E-state index >= 15 is 0 Å². The standard InChI is InChI=1S/C14H12Cl2FNO/c1-8(9-2-4-11(15)12(16)6-9)18-10-3-5-14(19)13(17)7-10/h2-8,18-19H,1H3. The number of hydrogen-bond donors (Lipinski definition) is 2. The molecule has 2 aromatic carbocycles. The Morgan fingerprint density at radius 1 is 1.11 bits per heavy atom. The average molecular weight is 300 g/mol. The topological polar surface area (TPSA) is 32.3 Å². The number of phenolic OH excluding ortho intramolecular Hbond substituents is 1. The third-order valence-corrected chi connectivity index (χ3v) is 3.51. The monoisotopic (exact) mass is 299 g/mol. The van der Waals surface area contributed by atoms with Crippen molar-refractivity contribution in [3.8, 4) is 5.75 Å². The average Bonchev–Trinajstić information content (AvgIpc) is 2.37. The van der Waals surface area contributed by atoms with Crippen LogP contribution in [0.2, 0.25) is 10.0 Å². The van der Waals surface area contributed by atoms with E-state index in [1.165, 1.54) is 12.1 Å². The van der Waals surface area contributed by atoms with Crippen molar-refractivity contribution in [2.45, 2.75) is 13.0 Å². The Balaban J connectivity index is 2.17. The molecule has 0 bridgehead atoms. The predicted molar refractivity (Wildman–Crippen MR) is 76.6 cm³/mol. The first kappa shape index (κ1) is 14.0. The Labute approximate surface area is 120 Å². The second-order valence-corrected chi connectivity index (χ2v) is 5.02. The van der Waals surface area contributed by atoms with Crippen LogP contribution in [0, 0.1) is 5.82 Å². The molecule has 0 spiro atoms. The van der Waals surface area contributed by atoms with Gasteiger partial charge in [0, 0.05) is 17.8 Å². The lowest BCUT2D eigenvalue weighted by molar-refractivity contribution is 0.432. The van der Waals surface area contributed by atoms with Gasteiger partial charge in [-0.25, -0.2) is 4.39 Å². The quantitative estimate of drug-likeness (QED) is 0.781. The van der Waals surface area contributed by atoms with E-state index < -0.39 is 5.82 Å². The maximum absolute atomic E-state index is 13.2. The van der Waals surface area contributed by atoms with Crippen LogP contribution in [0.5, 0.6) is 5.75 Å². The number of phenols is 1. The summed E-state index contributed by atoms with van der Waals surface area (Å²) in [7, 11) is 0. The summed E-state index contributed by atoms with van der Waals surface area (Å²) in [5, 5.41) is 13.2. The minimum Gasteiger partial charge on any atom is -0.505 e. The molecular formula is C14H12Cl2FNO. The molecule has 0 aliphatic rings. The SMILES string of the molecule is CC(Nc1ccc(O)c(F)c1)c1ccc(Cl)c(Cl)c1. The van der Waals surface area contributed by atoms with Crippen LogP contribution in [0.4, 0.5) is 10.1 Å². The zero-order valence-corrected chi connectivity index (χ0v) is 11.6. The van der Waals surface area contributed by atoms with Gasteiger partial charge in [-0.2, -0.15) is 0 Å². The molecule has 0 aliphatic carbocycles. The van der Waals surface area contributed by atoms with Crippen molar-refractivity contribution < 1.29 is 9.50 Å². The Morgan fingerprint density at radius 2 is 1.84 bits per heavy atom. The van der Waals surface area contributed by atoms with Gasteiger partial charge in [-0.15, -0.1) is 0 Å². The Bertz CT molecular complexity index is 604. The van der Waals surface area contributed by atoms with Crippen molar-refractivity contribution >= 4 is 28.9 Å². The van der Waals surface area contributed by atoms with Gasteiger partial charge in [-0.3, -0.25) is 0 Å². The summed E-state index contributed by atoms with van der Waals surface area (Å²) in [5.74, 6) is -1.03. The molecule has 0 radical (unpaired) electrons. The van der Waals surface area contributed by atoms with Crippen LogP contribution in [0.3, 0.4) is 0 Å². The van der Waals surface area contributed by atoms with Gasteiger partial charge in [-0.05, 0) is 36.8 Å². The highest BCUT2D eigenvalue weighted by molar-refractivity contribution is 6.42. The zero-order valence-electron chi connectivity index (χ0n) is 10.1. The highest BCUT2D eigenvalue weighted by Crippen LogP contribution is 2.28. The number of nitrogens with one attached hydrogen (secondary N) is 1. The second-order valence-electron chi connectivity index (χ2n) is 4.21. The first-order chi connectivity index (χ1) is 8.97. The summed E-state index contributed by atoms with van der Waals surface area (Å²) in [4.78, 5) is 0. The highest BCUT2D eigenvalue weighted by atomic mass is 35.5. The normalized spacial score (nSPS) is 12.2. The molecule has 0 aromatic heterocycles. The number of benzene rings is 2. The molecule has 0 aliphatic heterocycles. The van der Waals surface area contributed by atoms with Crippen LogP contribution in [0.25, 0.3) is 0 Å². The summed E-state index contributed by atoms with van der Waals surface area (Å²) in [6, 6.07) is 9.41. The molecular weight excluding hydrogens is 288 g/mol. The van der Waals surface area contributed by atoms with Gasteiger partial charge in [-0.1, -0.05) is 29.3 Å². The first-order valence-corrected chi connectivity index (χ1v) is 6.43. The Morgan fingerprint density at radius 3 is 2.47 bits per heavy atom. The molecule has 0 fully saturated rings. The fourth-order valence-electron chi connectivity index (χ4n) is 1.71. The molecule has 0 saturated carbocycles. The van der Waals surface area contributed by atoms with Crippen molar-refractivity contribution in [3.05, 3.63) is 57.8 Å². The van der Waals surface area contributed by atoms with Crippen LogP contribution in [0.1, 0.15) is 18.5 Å². The van der Waals surface area contributed by atoms with Crippen LogP contribution in [0.15, 0.2) is 36.4 Å². The molecule has 0 saturated heterocycles. The summed E-state index contributed by atoms with van der Waals surface area (Å²) in [5.41, 5.74) is 1.51. The van der Waals surface area contributed by atoms with Crippen LogP contribution in [-0.4, -0.2) is 5.11 Å². The van der Waals surface area contributed by atoms with E-state index in [4.69, 9.17) is 28.3 Å². The Hall–Kier alpha value is -1.45. The largest absolute Gasteiger partial charge is 0.505 e. The number of hydrogen-bond acceptors (Lipinski definition) is 2. The third-order valence-electron chi connectivity index (χ3n) is 2.77. The van der Waals surface area contributed by atoms with Crippen molar-refractivity contribution in [1.29, 1.82) is 0 Å². The van der Waals surface area contributed by atoms with Crippen molar-refractivity contribution in [2.75, 3.05) is 5.32 Å². The molecule has 1 atom stereocenters.